The molecule has 1 aromatic carbocycles. The first kappa shape index (κ1) is 26.5. The number of aromatic nitrogens is 1. The maximum absolute atomic E-state index is 13.1. The van der Waals surface area contributed by atoms with Gasteiger partial charge in [0.15, 0.2) is 0 Å². The Morgan fingerprint density at radius 3 is 2.33 bits per heavy atom. The number of pyridine rings is 1. The molecule has 2 heterocycles. The lowest BCUT2D eigenvalue weighted by atomic mass is 10.0. The van der Waals surface area contributed by atoms with Crippen LogP contribution < -0.4 is 10.5 Å². The first-order valence-corrected chi connectivity index (χ1v) is 11.7. The largest absolute Gasteiger partial charge is 0.488 e. The van der Waals surface area contributed by atoms with Crippen LogP contribution in [-0.4, -0.2) is 84.7 Å². The fraction of sp³-hybridized carbons (Fsp3) is 0.400. The van der Waals surface area contributed by atoms with E-state index < -0.39 is 18.0 Å². The Morgan fingerprint density at radius 2 is 1.67 bits per heavy atom. The van der Waals surface area contributed by atoms with E-state index in [1.165, 1.54) is 12.2 Å². The van der Waals surface area contributed by atoms with Gasteiger partial charge in [-0.25, -0.2) is 9.59 Å². The summed E-state index contributed by atoms with van der Waals surface area (Å²) in [4.78, 5) is 56.7. The van der Waals surface area contributed by atoms with Gasteiger partial charge in [-0.05, 0) is 32.1 Å². The monoisotopic (exact) mass is 498 g/mol. The Bertz CT molecular complexity index is 1160. The van der Waals surface area contributed by atoms with Gasteiger partial charge in [0, 0.05) is 37.6 Å². The molecule has 0 bridgehead atoms. The molecule has 36 heavy (non-hydrogen) atoms. The molecule has 3 rings (SSSR count). The van der Waals surface area contributed by atoms with Gasteiger partial charge in [-0.15, -0.1) is 0 Å². The van der Waals surface area contributed by atoms with E-state index >= 15 is 0 Å². The van der Waals surface area contributed by atoms with Crippen molar-refractivity contribution in [2.75, 3.05) is 46.0 Å². The van der Waals surface area contributed by atoms with Gasteiger partial charge in [-0.3, -0.25) is 14.6 Å². The summed E-state index contributed by atoms with van der Waals surface area (Å²) in [5.74, 6) is -1.36. The summed E-state index contributed by atoms with van der Waals surface area (Å²) in [6, 6.07) is 7.03. The van der Waals surface area contributed by atoms with Crippen molar-refractivity contribution in [3.8, 4) is 5.75 Å². The fourth-order valence-electron chi connectivity index (χ4n) is 3.84. The second-order valence-corrected chi connectivity index (χ2v) is 7.85. The molecule has 1 aromatic heterocycles. The average molecular weight is 499 g/mol. The predicted molar refractivity (Wildman–Crippen MR) is 130 cm³/mol. The Kier molecular flexibility index (Phi) is 9.20. The third-order valence-electron chi connectivity index (χ3n) is 5.51. The number of para-hydroxylation sites is 1. The van der Waals surface area contributed by atoms with Gasteiger partial charge in [0.1, 0.15) is 17.9 Å². The highest BCUT2D eigenvalue weighted by atomic mass is 16.6. The number of hydrogen-bond acceptors (Lipinski definition) is 8. The van der Waals surface area contributed by atoms with Crippen LogP contribution >= 0.6 is 0 Å². The van der Waals surface area contributed by atoms with Crippen LogP contribution in [0.5, 0.6) is 5.75 Å². The fourth-order valence-corrected chi connectivity index (χ4v) is 3.84. The maximum atomic E-state index is 13.1. The molecule has 1 fully saturated rings. The van der Waals surface area contributed by atoms with Crippen LogP contribution in [0.25, 0.3) is 10.9 Å². The summed E-state index contributed by atoms with van der Waals surface area (Å²) in [5, 5.41) is 0.551. The summed E-state index contributed by atoms with van der Waals surface area (Å²) in [6.07, 6.45) is 2.12. The quantitative estimate of drug-likeness (QED) is 0.407. The van der Waals surface area contributed by atoms with Crippen molar-refractivity contribution >= 4 is 34.8 Å². The Hall–Kier alpha value is -4.15. The van der Waals surface area contributed by atoms with E-state index in [1.807, 2.05) is 0 Å². The number of rotatable bonds is 9. The lowest BCUT2D eigenvalue weighted by Gasteiger charge is -2.34. The van der Waals surface area contributed by atoms with E-state index in [0.717, 1.165) is 0 Å². The number of esters is 1. The van der Waals surface area contributed by atoms with Crippen molar-refractivity contribution in [1.29, 1.82) is 0 Å². The SMILES string of the molecule is CCOC(=O)C=CCOc1c(C(N)=O)c(CC(=O)N2CCN(C(=O)OCC)CC2)nc2ccccc12. The second-order valence-electron chi connectivity index (χ2n) is 7.85. The van der Waals surface area contributed by atoms with Gasteiger partial charge >= 0.3 is 12.1 Å². The van der Waals surface area contributed by atoms with Gasteiger partial charge < -0.3 is 29.7 Å². The van der Waals surface area contributed by atoms with E-state index in [-0.39, 0.29) is 49.2 Å². The normalized spacial score (nSPS) is 13.6. The first-order chi connectivity index (χ1) is 17.3. The number of amides is 3. The van der Waals surface area contributed by atoms with Crippen LogP contribution in [0.3, 0.4) is 0 Å². The molecule has 2 N–H and O–H groups in total. The molecule has 1 aliphatic rings. The molecule has 192 valence electrons. The van der Waals surface area contributed by atoms with Crippen molar-refractivity contribution in [3.63, 3.8) is 0 Å². The molecule has 0 atom stereocenters. The molecular formula is C25H30N4O7. The lowest BCUT2D eigenvalue weighted by Crippen LogP contribution is -2.51. The van der Waals surface area contributed by atoms with Crippen molar-refractivity contribution < 1.29 is 33.4 Å². The van der Waals surface area contributed by atoms with Crippen LogP contribution in [0.1, 0.15) is 29.9 Å². The van der Waals surface area contributed by atoms with E-state index in [9.17, 15) is 19.2 Å². The molecule has 0 unspecified atom stereocenters. The maximum Gasteiger partial charge on any atom is 0.409 e. The highest BCUT2D eigenvalue weighted by molar-refractivity contribution is 6.04. The molecule has 11 nitrogen and oxygen atoms in total. The molecule has 1 saturated heterocycles. The third kappa shape index (κ3) is 6.49. The standard InChI is InChI=1S/C25H30N4O7/c1-3-34-21(31)10-7-15-36-23-17-8-5-6-9-18(17)27-19(22(23)24(26)32)16-20(30)28-11-13-29(14-12-28)25(33)35-4-2/h5-10H,3-4,11-16H2,1-2H3,(H2,26,32). The topological polar surface area (TPSA) is 141 Å². The van der Waals surface area contributed by atoms with E-state index in [0.29, 0.717) is 37.1 Å². The molecule has 0 spiro atoms. The summed E-state index contributed by atoms with van der Waals surface area (Å²) in [5.41, 5.74) is 6.44. The van der Waals surface area contributed by atoms with Gasteiger partial charge in [-0.2, -0.15) is 0 Å². The molecule has 0 radical (unpaired) electrons. The number of primary amides is 1. The van der Waals surface area contributed by atoms with Gasteiger partial charge in [0.2, 0.25) is 5.91 Å². The van der Waals surface area contributed by atoms with Crippen LogP contribution in [-0.2, 0) is 25.5 Å². The average Bonchev–Trinajstić information content (AvgIpc) is 2.86. The van der Waals surface area contributed by atoms with Crippen molar-refractivity contribution in [2.45, 2.75) is 20.3 Å². The smallest absolute Gasteiger partial charge is 0.409 e. The molecule has 11 heteroatoms. The zero-order valence-corrected chi connectivity index (χ0v) is 20.4. The molecule has 0 saturated carbocycles. The van der Waals surface area contributed by atoms with Crippen LogP contribution in [0, 0.1) is 0 Å². The summed E-state index contributed by atoms with van der Waals surface area (Å²) < 4.78 is 15.7. The number of benzene rings is 1. The van der Waals surface area contributed by atoms with Crippen LogP contribution in [0.2, 0.25) is 0 Å². The first-order valence-electron chi connectivity index (χ1n) is 11.7. The summed E-state index contributed by atoms with van der Waals surface area (Å²) in [6.45, 7) is 5.30. The van der Waals surface area contributed by atoms with E-state index in [2.05, 4.69) is 4.98 Å². The summed E-state index contributed by atoms with van der Waals surface area (Å²) in [7, 11) is 0. The highest BCUT2D eigenvalue weighted by Gasteiger charge is 2.28. The number of nitrogens with two attached hydrogens (primary N) is 1. The number of carbonyl (C=O) groups excluding carboxylic acids is 4. The van der Waals surface area contributed by atoms with Gasteiger partial charge in [0.05, 0.1) is 30.8 Å². The Labute approximate surface area is 208 Å². The van der Waals surface area contributed by atoms with Crippen LogP contribution in [0.4, 0.5) is 4.79 Å². The molecule has 3 amide bonds. The second kappa shape index (κ2) is 12.5. The van der Waals surface area contributed by atoms with Crippen LogP contribution in [0.15, 0.2) is 36.4 Å². The Balaban J connectivity index is 1.82. The van der Waals surface area contributed by atoms with Gasteiger partial charge in [-0.1, -0.05) is 12.1 Å². The predicted octanol–water partition coefficient (Wildman–Crippen LogP) is 1.68. The molecule has 2 aromatic rings. The van der Waals surface area contributed by atoms with E-state index in [4.69, 9.17) is 19.9 Å². The minimum atomic E-state index is -0.785. The minimum Gasteiger partial charge on any atom is -0.488 e. The van der Waals surface area contributed by atoms with Gasteiger partial charge in [0.25, 0.3) is 5.91 Å². The zero-order chi connectivity index (χ0) is 26.1. The number of hydrogen-bond donors (Lipinski definition) is 1. The molecular weight excluding hydrogens is 468 g/mol. The minimum absolute atomic E-state index is 0.0109. The van der Waals surface area contributed by atoms with Crippen molar-refractivity contribution in [3.05, 3.63) is 47.7 Å². The zero-order valence-electron chi connectivity index (χ0n) is 20.4. The Morgan fingerprint density at radius 1 is 1.00 bits per heavy atom. The lowest BCUT2D eigenvalue weighted by molar-refractivity contribution is -0.137. The summed E-state index contributed by atoms with van der Waals surface area (Å²) >= 11 is 0. The number of piperazine rings is 1. The number of fused-ring (bicyclic) bond motifs is 1. The highest BCUT2D eigenvalue weighted by Crippen LogP contribution is 2.31. The van der Waals surface area contributed by atoms with E-state index in [1.54, 1.807) is 47.9 Å². The number of carbonyl (C=O) groups is 4. The number of nitrogens with zero attached hydrogens (tertiary/aromatic N) is 3. The molecule has 0 aliphatic carbocycles. The third-order valence-corrected chi connectivity index (χ3v) is 5.51. The van der Waals surface area contributed by atoms with Crippen molar-refractivity contribution in [2.24, 2.45) is 5.73 Å². The number of ether oxygens (including phenoxy) is 3. The molecule has 1 aliphatic heterocycles. The van der Waals surface area contributed by atoms with Crippen molar-refractivity contribution in [1.82, 2.24) is 14.8 Å².